The number of nitrogens with zero attached hydrogens (tertiary/aromatic N) is 3. The van der Waals surface area contributed by atoms with Gasteiger partial charge in [-0.25, -0.2) is 0 Å². The number of hydrogen-bond donors (Lipinski definition) is 0. The van der Waals surface area contributed by atoms with E-state index in [0.717, 1.165) is 4.09 Å². The van der Waals surface area contributed by atoms with Crippen molar-refractivity contribution in [1.82, 2.24) is 9.19 Å². The summed E-state index contributed by atoms with van der Waals surface area (Å²) in [5.74, 6) is 0. The molecule has 0 aliphatic heterocycles. The van der Waals surface area contributed by atoms with Gasteiger partial charge in [0.2, 0.25) is 0 Å². The van der Waals surface area contributed by atoms with Gasteiger partial charge in [-0.2, -0.15) is 17.6 Å². The first-order valence-electron chi connectivity index (χ1n) is 6.45. The molecule has 1 aromatic heterocycles. The Bertz CT molecular complexity index is 1030. The number of aryl methyl sites for hydroxylation is 1. The molecule has 0 aliphatic carbocycles. The van der Waals surface area contributed by atoms with Crippen molar-refractivity contribution < 1.29 is 13.3 Å². The minimum Gasteiger partial charge on any atom is -0.258 e. The van der Waals surface area contributed by atoms with E-state index >= 15 is 0 Å². The summed E-state index contributed by atoms with van der Waals surface area (Å²) in [6, 6.07) is 9.63. The highest BCUT2D eigenvalue weighted by Gasteiger charge is 2.23. The highest BCUT2D eigenvalue weighted by atomic mass is 35.5. The van der Waals surface area contributed by atoms with Crippen LogP contribution in [0.4, 0.5) is 5.69 Å². The summed E-state index contributed by atoms with van der Waals surface area (Å²) in [6.07, 6.45) is 0. The Morgan fingerprint density at radius 1 is 1.17 bits per heavy atom. The molecule has 7 nitrogen and oxygen atoms in total. The molecule has 0 saturated carbocycles. The summed E-state index contributed by atoms with van der Waals surface area (Å²) in [4.78, 5) is 10.3. The fourth-order valence-electron chi connectivity index (χ4n) is 2.23. The molecule has 2 aromatic carbocycles. The van der Waals surface area contributed by atoms with Crippen LogP contribution in [0.2, 0.25) is 5.02 Å². The molecule has 0 amide bonds. The summed E-state index contributed by atoms with van der Waals surface area (Å²) in [6.45, 7) is 1.64. The zero-order chi connectivity index (χ0) is 16.8. The van der Waals surface area contributed by atoms with Gasteiger partial charge in [-0.1, -0.05) is 11.6 Å². The van der Waals surface area contributed by atoms with Crippen molar-refractivity contribution >= 4 is 38.2 Å². The van der Waals surface area contributed by atoms with Gasteiger partial charge in [0.25, 0.3) is 15.7 Å². The fraction of sp³-hybridized carbons (Fsp3) is 0.0714. The maximum atomic E-state index is 12.7. The third-order valence-electron chi connectivity index (χ3n) is 3.37. The molecule has 118 valence electrons. The molecule has 0 unspecified atom stereocenters. The average Bonchev–Trinajstić information content (AvgIpc) is 2.85. The van der Waals surface area contributed by atoms with E-state index in [9.17, 15) is 18.5 Å². The van der Waals surface area contributed by atoms with Crippen LogP contribution in [0.25, 0.3) is 10.9 Å². The molecule has 9 heteroatoms. The number of non-ortho nitro benzene ring substituents is 1. The molecule has 3 aromatic rings. The number of nitro groups is 1. The van der Waals surface area contributed by atoms with Crippen molar-refractivity contribution in [2.75, 3.05) is 0 Å². The number of aromatic nitrogens is 2. The van der Waals surface area contributed by atoms with E-state index in [4.69, 9.17) is 11.6 Å². The molecular formula is C14H10ClN3O4S. The first-order valence-corrected chi connectivity index (χ1v) is 8.27. The highest BCUT2D eigenvalue weighted by Crippen LogP contribution is 2.27. The maximum absolute atomic E-state index is 12.7. The predicted octanol–water partition coefficient (Wildman–Crippen LogP) is 3.14. The van der Waals surface area contributed by atoms with Crippen molar-refractivity contribution in [2.45, 2.75) is 11.8 Å². The Morgan fingerprint density at radius 2 is 1.83 bits per heavy atom. The summed E-state index contributed by atoms with van der Waals surface area (Å²) in [5.41, 5.74) is 0.420. The van der Waals surface area contributed by atoms with E-state index in [1.807, 2.05) is 0 Å². The minimum atomic E-state index is -3.98. The Balaban J connectivity index is 2.28. The lowest BCUT2D eigenvalue weighted by atomic mass is 10.2. The summed E-state index contributed by atoms with van der Waals surface area (Å²) < 4.78 is 26.3. The first-order chi connectivity index (χ1) is 10.8. The standard InChI is InChI=1S/C14H10ClN3O4S/c1-9-13-7-4-11(18(19)20)8-14(13)17(16-9)23(21,22)12-5-2-10(15)3-6-12/h2-8H,1H3. The number of rotatable bonds is 3. The SMILES string of the molecule is Cc1nn(S(=O)(=O)c2ccc(Cl)cc2)c2cc([N+](=O)[O-])ccc12. The number of nitro benzene ring substituents is 1. The molecule has 0 N–H and O–H groups in total. The number of halogens is 1. The lowest BCUT2D eigenvalue weighted by molar-refractivity contribution is -0.384. The topological polar surface area (TPSA) is 95.1 Å². The first kappa shape index (κ1) is 15.4. The van der Waals surface area contributed by atoms with Crippen LogP contribution in [-0.4, -0.2) is 22.5 Å². The van der Waals surface area contributed by atoms with Crippen LogP contribution in [0.1, 0.15) is 5.69 Å². The Hall–Kier alpha value is -2.45. The lowest BCUT2D eigenvalue weighted by Crippen LogP contribution is -2.14. The van der Waals surface area contributed by atoms with Crippen LogP contribution in [0, 0.1) is 17.0 Å². The monoisotopic (exact) mass is 351 g/mol. The van der Waals surface area contributed by atoms with Crippen molar-refractivity contribution in [3.8, 4) is 0 Å². The summed E-state index contributed by atoms with van der Waals surface area (Å²) in [5, 5.41) is 15.9. The van der Waals surface area contributed by atoms with E-state index < -0.39 is 14.9 Å². The van der Waals surface area contributed by atoms with Crippen LogP contribution < -0.4 is 0 Å². The summed E-state index contributed by atoms with van der Waals surface area (Å²) in [7, 11) is -3.98. The van der Waals surface area contributed by atoms with Crippen molar-refractivity contribution in [1.29, 1.82) is 0 Å². The highest BCUT2D eigenvalue weighted by molar-refractivity contribution is 7.90. The van der Waals surface area contributed by atoms with Gasteiger partial charge in [0.15, 0.2) is 0 Å². The second-order valence-corrected chi connectivity index (χ2v) is 7.05. The Kier molecular flexibility index (Phi) is 3.57. The number of fused-ring (bicyclic) bond motifs is 1. The van der Waals surface area contributed by atoms with Gasteiger partial charge in [0, 0.05) is 22.5 Å². The van der Waals surface area contributed by atoms with Gasteiger partial charge in [0.1, 0.15) is 0 Å². The molecule has 3 rings (SSSR count). The van der Waals surface area contributed by atoms with Crippen LogP contribution in [-0.2, 0) is 10.0 Å². The quantitative estimate of drug-likeness (QED) is 0.533. The van der Waals surface area contributed by atoms with Crippen molar-refractivity contribution in [3.05, 3.63) is 63.3 Å². The molecule has 1 heterocycles. The van der Waals surface area contributed by atoms with Gasteiger partial charge in [-0.3, -0.25) is 10.1 Å². The van der Waals surface area contributed by atoms with E-state index in [2.05, 4.69) is 5.10 Å². The largest absolute Gasteiger partial charge is 0.283 e. The van der Waals surface area contributed by atoms with Gasteiger partial charge in [-0.15, -0.1) is 0 Å². The predicted molar refractivity (Wildman–Crippen MR) is 85.2 cm³/mol. The number of hydrogen-bond acceptors (Lipinski definition) is 5. The number of benzene rings is 2. The zero-order valence-electron chi connectivity index (χ0n) is 11.8. The molecule has 0 radical (unpaired) electrons. The summed E-state index contributed by atoms with van der Waals surface area (Å²) >= 11 is 5.77. The lowest BCUT2D eigenvalue weighted by Gasteiger charge is -2.06. The third kappa shape index (κ3) is 2.55. The average molecular weight is 352 g/mol. The van der Waals surface area contributed by atoms with Crippen molar-refractivity contribution in [3.63, 3.8) is 0 Å². The van der Waals surface area contributed by atoms with Gasteiger partial charge in [0.05, 0.1) is 21.0 Å². The Labute approximate surface area is 136 Å². The van der Waals surface area contributed by atoms with Gasteiger partial charge >= 0.3 is 0 Å². The van der Waals surface area contributed by atoms with Crippen molar-refractivity contribution in [2.24, 2.45) is 0 Å². The van der Waals surface area contributed by atoms with E-state index in [1.54, 1.807) is 6.92 Å². The maximum Gasteiger partial charge on any atom is 0.283 e. The van der Waals surface area contributed by atoms with Gasteiger partial charge in [-0.05, 0) is 37.3 Å². The molecule has 0 aliphatic rings. The second kappa shape index (κ2) is 5.32. The minimum absolute atomic E-state index is 0.00203. The Morgan fingerprint density at radius 3 is 2.43 bits per heavy atom. The molecule has 0 spiro atoms. The third-order valence-corrected chi connectivity index (χ3v) is 5.22. The molecule has 0 bridgehead atoms. The van der Waals surface area contributed by atoms with E-state index in [0.29, 0.717) is 16.1 Å². The van der Waals surface area contributed by atoms with Crippen LogP contribution in [0.5, 0.6) is 0 Å². The fourth-order valence-corrected chi connectivity index (χ4v) is 3.68. The van der Waals surface area contributed by atoms with E-state index in [1.165, 1.54) is 42.5 Å². The normalized spacial score (nSPS) is 11.7. The van der Waals surface area contributed by atoms with E-state index in [-0.39, 0.29) is 16.1 Å². The smallest absolute Gasteiger partial charge is 0.258 e. The van der Waals surface area contributed by atoms with Crippen LogP contribution >= 0.6 is 11.6 Å². The molecule has 0 fully saturated rings. The zero-order valence-corrected chi connectivity index (χ0v) is 13.4. The molecule has 0 atom stereocenters. The van der Waals surface area contributed by atoms with Gasteiger partial charge < -0.3 is 0 Å². The van der Waals surface area contributed by atoms with Crippen LogP contribution in [0.15, 0.2) is 47.4 Å². The molecule has 23 heavy (non-hydrogen) atoms. The molecule has 0 saturated heterocycles. The second-order valence-electron chi connectivity index (χ2n) is 4.85. The molecular weight excluding hydrogens is 342 g/mol. The van der Waals surface area contributed by atoms with Crippen LogP contribution in [0.3, 0.4) is 0 Å².